The van der Waals surface area contributed by atoms with E-state index in [1.54, 1.807) is 6.07 Å². The van der Waals surface area contributed by atoms with Crippen molar-refractivity contribution in [3.05, 3.63) is 28.7 Å². The Morgan fingerprint density at radius 3 is 2.53 bits per heavy atom. The highest BCUT2D eigenvalue weighted by atomic mass is 32.2. The fraction of sp³-hybridized carbons (Fsp3) is 0.652. The molecule has 1 aromatic carbocycles. The van der Waals surface area contributed by atoms with Crippen molar-refractivity contribution in [2.75, 3.05) is 52.5 Å². The van der Waals surface area contributed by atoms with Crippen LogP contribution in [0.3, 0.4) is 0 Å². The Labute approximate surface area is 199 Å². The standard InChI is InChI=1S/C23H34N4O6S/c1-17(2)27-20-4-3-19(16-21(20)33-23(27)29)34(30,31)26-8-5-18(6-9-26)15-22(28)24-7-10-25-11-13-32-14-12-25/h3-4,16-18H,5-15H2,1-2H3,(H,24,28). The van der Waals surface area contributed by atoms with Gasteiger partial charge in [0.25, 0.3) is 0 Å². The molecule has 4 rings (SSSR count). The number of aromatic nitrogens is 1. The monoisotopic (exact) mass is 494 g/mol. The highest BCUT2D eigenvalue weighted by molar-refractivity contribution is 7.89. The van der Waals surface area contributed by atoms with E-state index in [2.05, 4.69) is 10.2 Å². The van der Waals surface area contributed by atoms with Crippen LogP contribution >= 0.6 is 0 Å². The number of nitrogens with one attached hydrogen (secondary N) is 1. The molecule has 188 valence electrons. The van der Waals surface area contributed by atoms with E-state index in [0.717, 1.165) is 32.8 Å². The van der Waals surface area contributed by atoms with E-state index < -0.39 is 15.8 Å². The van der Waals surface area contributed by atoms with Crippen LogP contribution in [0.1, 0.15) is 39.2 Å². The first-order valence-electron chi connectivity index (χ1n) is 12.0. The number of morpholine rings is 1. The van der Waals surface area contributed by atoms with Gasteiger partial charge in [0, 0.05) is 57.8 Å². The van der Waals surface area contributed by atoms with Crippen LogP contribution in [-0.4, -0.2) is 80.6 Å². The summed E-state index contributed by atoms with van der Waals surface area (Å²) in [6.07, 6.45) is 1.69. The Morgan fingerprint density at radius 1 is 1.15 bits per heavy atom. The molecule has 34 heavy (non-hydrogen) atoms. The van der Waals surface area contributed by atoms with Gasteiger partial charge in [0.1, 0.15) is 0 Å². The number of hydrogen-bond acceptors (Lipinski definition) is 7. The molecule has 0 spiro atoms. The van der Waals surface area contributed by atoms with Crippen LogP contribution in [0.2, 0.25) is 0 Å². The summed E-state index contributed by atoms with van der Waals surface area (Å²) in [4.78, 5) is 26.8. The number of fused-ring (bicyclic) bond motifs is 1. The number of piperidine rings is 1. The number of carbonyl (C=O) groups is 1. The molecule has 0 aliphatic carbocycles. The molecule has 2 saturated heterocycles. The average molecular weight is 495 g/mol. The van der Waals surface area contributed by atoms with Crippen molar-refractivity contribution in [3.8, 4) is 0 Å². The Kier molecular flexibility index (Phi) is 7.76. The zero-order valence-electron chi connectivity index (χ0n) is 19.9. The highest BCUT2D eigenvalue weighted by Gasteiger charge is 2.31. The van der Waals surface area contributed by atoms with Crippen LogP contribution in [-0.2, 0) is 19.6 Å². The molecule has 0 unspecified atom stereocenters. The summed E-state index contributed by atoms with van der Waals surface area (Å²) in [6, 6.07) is 4.49. The fourth-order valence-electron chi connectivity index (χ4n) is 4.68. The summed E-state index contributed by atoms with van der Waals surface area (Å²) in [6.45, 7) is 9.17. The van der Waals surface area contributed by atoms with Gasteiger partial charge in [-0.15, -0.1) is 0 Å². The Morgan fingerprint density at radius 2 is 1.85 bits per heavy atom. The fourth-order valence-corrected chi connectivity index (χ4v) is 6.17. The van der Waals surface area contributed by atoms with Crippen LogP contribution in [0.25, 0.3) is 11.1 Å². The molecule has 0 atom stereocenters. The summed E-state index contributed by atoms with van der Waals surface area (Å²) in [5.74, 6) is -0.316. The summed E-state index contributed by atoms with van der Waals surface area (Å²) in [5, 5.41) is 2.98. The number of benzene rings is 1. The van der Waals surface area contributed by atoms with Gasteiger partial charge in [-0.3, -0.25) is 14.3 Å². The van der Waals surface area contributed by atoms with Gasteiger partial charge in [-0.1, -0.05) is 0 Å². The Hall–Kier alpha value is -2.21. The number of nitrogens with zero attached hydrogens (tertiary/aromatic N) is 3. The maximum Gasteiger partial charge on any atom is 0.420 e. The molecule has 1 N–H and O–H groups in total. The summed E-state index contributed by atoms with van der Waals surface area (Å²) < 4.78 is 39.9. The maximum atomic E-state index is 13.2. The number of carbonyl (C=O) groups excluding carboxylic acids is 1. The zero-order valence-corrected chi connectivity index (χ0v) is 20.7. The van der Waals surface area contributed by atoms with Crippen LogP contribution in [0.15, 0.2) is 32.3 Å². The summed E-state index contributed by atoms with van der Waals surface area (Å²) in [7, 11) is -3.71. The molecule has 3 heterocycles. The molecule has 2 aliphatic heterocycles. The first kappa shape index (κ1) is 24.9. The third-order valence-electron chi connectivity index (χ3n) is 6.64. The van der Waals surface area contributed by atoms with Crippen molar-refractivity contribution in [2.45, 2.75) is 44.0 Å². The van der Waals surface area contributed by atoms with Crippen molar-refractivity contribution in [2.24, 2.45) is 5.92 Å². The van der Waals surface area contributed by atoms with Gasteiger partial charge in [0.2, 0.25) is 15.9 Å². The first-order chi connectivity index (χ1) is 16.3. The van der Waals surface area contributed by atoms with Gasteiger partial charge >= 0.3 is 5.76 Å². The number of sulfonamides is 1. The van der Waals surface area contributed by atoms with E-state index in [4.69, 9.17) is 9.15 Å². The first-order valence-corrected chi connectivity index (χ1v) is 13.4. The van der Waals surface area contributed by atoms with E-state index in [9.17, 15) is 18.0 Å². The molecule has 10 nitrogen and oxygen atoms in total. The van der Waals surface area contributed by atoms with Crippen molar-refractivity contribution in [1.82, 2.24) is 19.1 Å². The average Bonchev–Trinajstić information content (AvgIpc) is 3.15. The molecule has 11 heteroatoms. The molecule has 2 fully saturated rings. The zero-order chi connectivity index (χ0) is 24.3. The van der Waals surface area contributed by atoms with Crippen LogP contribution in [0.5, 0.6) is 0 Å². The lowest BCUT2D eigenvalue weighted by Gasteiger charge is -2.31. The van der Waals surface area contributed by atoms with Crippen molar-refractivity contribution in [1.29, 1.82) is 0 Å². The lowest BCUT2D eigenvalue weighted by Crippen LogP contribution is -2.42. The number of hydrogen-bond donors (Lipinski definition) is 1. The second kappa shape index (κ2) is 10.6. The van der Waals surface area contributed by atoms with Crippen molar-refractivity contribution >= 4 is 27.0 Å². The smallest absolute Gasteiger partial charge is 0.408 e. The maximum absolute atomic E-state index is 13.2. The van der Waals surface area contributed by atoms with Gasteiger partial charge in [0.05, 0.1) is 23.6 Å². The highest BCUT2D eigenvalue weighted by Crippen LogP contribution is 2.28. The van der Waals surface area contributed by atoms with E-state index in [1.165, 1.54) is 21.0 Å². The minimum Gasteiger partial charge on any atom is -0.408 e. The molecule has 2 aromatic rings. The minimum absolute atomic E-state index is 0.0183. The number of rotatable bonds is 8. The van der Waals surface area contributed by atoms with Gasteiger partial charge in [-0.25, -0.2) is 13.2 Å². The van der Waals surface area contributed by atoms with E-state index in [-0.39, 0.29) is 28.3 Å². The molecular formula is C23H34N4O6S. The van der Waals surface area contributed by atoms with E-state index in [0.29, 0.717) is 44.4 Å². The molecule has 1 amide bonds. The van der Waals surface area contributed by atoms with Gasteiger partial charge in [-0.2, -0.15) is 4.31 Å². The number of oxazole rings is 1. The Bertz CT molecular complexity index is 1160. The minimum atomic E-state index is -3.71. The van der Waals surface area contributed by atoms with Crippen LogP contribution < -0.4 is 11.1 Å². The predicted octanol–water partition coefficient (Wildman–Crippen LogP) is 1.41. The molecular weight excluding hydrogens is 460 g/mol. The van der Waals surface area contributed by atoms with Gasteiger partial charge < -0.3 is 14.5 Å². The molecule has 1 aromatic heterocycles. The van der Waals surface area contributed by atoms with Crippen molar-refractivity contribution in [3.63, 3.8) is 0 Å². The molecule has 0 radical (unpaired) electrons. The summed E-state index contributed by atoms with van der Waals surface area (Å²) >= 11 is 0. The second-order valence-electron chi connectivity index (χ2n) is 9.32. The topological polar surface area (TPSA) is 114 Å². The van der Waals surface area contributed by atoms with E-state index >= 15 is 0 Å². The third-order valence-corrected chi connectivity index (χ3v) is 8.54. The number of ether oxygens (including phenoxy) is 1. The third kappa shape index (κ3) is 5.54. The quantitative estimate of drug-likeness (QED) is 0.590. The summed E-state index contributed by atoms with van der Waals surface area (Å²) in [5.41, 5.74) is 0.848. The van der Waals surface area contributed by atoms with Crippen LogP contribution in [0, 0.1) is 5.92 Å². The number of amides is 1. The van der Waals surface area contributed by atoms with Crippen molar-refractivity contribution < 1.29 is 22.4 Å². The lowest BCUT2D eigenvalue weighted by molar-refractivity contribution is -0.122. The lowest BCUT2D eigenvalue weighted by atomic mass is 9.94. The normalized spacial score (nSPS) is 19.1. The second-order valence-corrected chi connectivity index (χ2v) is 11.3. The van der Waals surface area contributed by atoms with E-state index in [1.807, 2.05) is 13.8 Å². The Balaban J connectivity index is 1.30. The van der Waals surface area contributed by atoms with Gasteiger partial charge in [0.15, 0.2) is 5.58 Å². The SMILES string of the molecule is CC(C)n1c(=O)oc2cc(S(=O)(=O)N3CCC(CC(=O)NCCN4CCOCC4)CC3)ccc21. The van der Waals surface area contributed by atoms with Gasteiger partial charge in [-0.05, 0) is 44.7 Å². The molecule has 0 saturated carbocycles. The molecule has 2 aliphatic rings. The predicted molar refractivity (Wildman–Crippen MR) is 127 cm³/mol. The largest absolute Gasteiger partial charge is 0.420 e. The molecule has 0 bridgehead atoms. The van der Waals surface area contributed by atoms with Crippen LogP contribution in [0.4, 0.5) is 0 Å².